The van der Waals surface area contributed by atoms with E-state index in [0.29, 0.717) is 0 Å². The standard InChI is InChI=1S/C14H16BrN3/c1-3-10-6-5-7-11(8-10)16-14-9-12(15)17-13(4-2)18-14/h5-9H,3-4H2,1-2H3,(H,16,17,18). The van der Waals surface area contributed by atoms with E-state index in [1.165, 1.54) is 5.56 Å². The molecule has 1 aromatic carbocycles. The molecule has 0 aliphatic carbocycles. The van der Waals surface area contributed by atoms with Crippen LogP contribution in [0.2, 0.25) is 0 Å². The maximum absolute atomic E-state index is 4.45. The van der Waals surface area contributed by atoms with Gasteiger partial charge in [-0.15, -0.1) is 0 Å². The third kappa shape index (κ3) is 3.29. The molecule has 0 aliphatic heterocycles. The Hall–Kier alpha value is -1.42. The van der Waals surface area contributed by atoms with Gasteiger partial charge >= 0.3 is 0 Å². The fourth-order valence-corrected chi connectivity index (χ4v) is 2.13. The van der Waals surface area contributed by atoms with Crippen LogP contribution in [-0.4, -0.2) is 9.97 Å². The van der Waals surface area contributed by atoms with Crippen LogP contribution in [-0.2, 0) is 12.8 Å². The highest BCUT2D eigenvalue weighted by Crippen LogP contribution is 2.19. The second kappa shape index (κ2) is 5.96. The van der Waals surface area contributed by atoms with Crippen LogP contribution in [0.3, 0.4) is 0 Å². The molecule has 0 unspecified atom stereocenters. The molecule has 3 nitrogen and oxygen atoms in total. The number of rotatable bonds is 4. The summed E-state index contributed by atoms with van der Waals surface area (Å²) in [5.41, 5.74) is 2.37. The van der Waals surface area contributed by atoms with Crippen molar-refractivity contribution >= 4 is 27.4 Å². The van der Waals surface area contributed by atoms with Gasteiger partial charge in [0.25, 0.3) is 0 Å². The van der Waals surface area contributed by atoms with E-state index >= 15 is 0 Å². The van der Waals surface area contributed by atoms with E-state index in [1.807, 2.05) is 19.1 Å². The molecule has 94 valence electrons. The second-order valence-electron chi connectivity index (χ2n) is 4.02. The number of anilines is 2. The number of hydrogen-bond donors (Lipinski definition) is 1. The van der Waals surface area contributed by atoms with Gasteiger partial charge in [0.2, 0.25) is 0 Å². The minimum Gasteiger partial charge on any atom is -0.340 e. The van der Waals surface area contributed by atoms with Gasteiger partial charge in [-0.2, -0.15) is 0 Å². The third-order valence-corrected chi connectivity index (χ3v) is 3.07. The summed E-state index contributed by atoms with van der Waals surface area (Å²) in [6.45, 7) is 4.19. The molecule has 0 saturated carbocycles. The maximum Gasteiger partial charge on any atom is 0.135 e. The van der Waals surface area contributed by atoms with Crippen molar-refractivity contribution < 1.29 is 0 Å². The van der Waals surface area contributed by atoms with Crippen molar-refractivity contribution in [2.75, 3.05) is 5.32 Å². The molecule has 0 bridgehead atoms. The molecular weight excluding hydrogens is 290 g/mol. The number of nitrogens with one attached hydrogen (secondary N) is 1. The highest BCUT2D eigenvalue weighted by Gasteiger charge is 2.02. The van der Waals surface area contributed by atoms with Crippen molar-refractivity contribution in [1.82, 2.24) is 9.97 Å². The first-order valence-corrected chi connectivity index (χ1v) is 6.90. The third-order valence-electron chi connectivity index (χ3n) is 2.67. The number of aryl methyl sites for hydroxylation is 2. The van der Waals surface area contributed by atoms with E-state index in [9.17, 15) is 0 Å². The summed E-state index contributed by atoms with van der Waals surface area (Å²) in [6, 6.07) is 10.2. The molecule has 4 heteroatoms. The van der Waals surface area contributed by atoms with Gasteiger partial charge in [0.15, 0.2) is 0 Å². The van der Waals surface area contributed by atoms with Crippen molar-refractivity contribution in [3.63, 3.8) is 0 Å². The van der Waals surface area contributed by atoms with Crippen LogP contribution in [0.1, 0.15) is 25.2 Å². The lowest BCUT2D eigenvalue weighted by atomic mass is 10.1. The first kappa shape index (κ1) is 13.0. The zero-order valence-corrected chi connectivity index (χ0v) is 12.2. The fourth-order valence-electron chi connectivity index (χ4n) is 1.70. The zero-order chi connectivity index (χ0) is 13.0. The summed E-state index contributed by atoms with van der Waals surface area (Å²) in [5.74, 6) is 1.65. The van der Waals surface area contributed by atoms with Gasteiger partial charge in [-0.05, 0) is 40.0 Å². The number of hydrogen-bond acceptors (Lipinski definition) is 3. The Kier molecular flexibility index (Phi) is 4.31. The minimum absolute atomic E-state index is 0.809. The first-order chi connectivity index (χ1) is 8.71. The predicted octanol–water partition coefficient (Wildman–Crippen LogP) is 4.11. The van der Waals surface area contributed by atoms with Gasteiger partial charge in [-0.25, -0.2) is 9.97 Å². The van der Waals surface area contributed by atoms with Crippen LogP contribution in [0, 0.1) is 0 Å². The number of halogens is 1. The normalized spacial score (nSPS) is 10.4. The average molecular weight is 306 g/mol. The topological polar surface area (TPSA) is 37.8 Å². The van der Waals surface area contributed by atoms with Gasteiger partial charge in [-0.3, -0.25) is 0 Å². The van der Waals surface area contributed by atoms with Crippen LogP contribution < -0.4 is 5.32 Å². The van der Waals surface area contributed by atoms with Crippen LogP contribution >= 0.6 is 15.9 Å². The predicted molar refractivity (Wildman–Crippen MR) is 78.2 cm³/mol. The maximum atomic E-state index is 4.45. The molecule has 0 atom stereocenters. The van der Waals surface area contributed by atoms with Gasteiger partial charge in [-0.1, -0.05) is 26.0 Å². The molecular formula is C14H16BrN3. The molecule has 0 fully saturated rings. The van der Waals surface area contributed by atoms with Crippen molar-refractivity contribution in [1.29, 1.82) is 0 Å². The zero-order valence-electron chi connectivity index (χ0n) is 10.6. The summed E-state index contributed by atoms with van der Waals surface area (Å²) >= 11 is 3.40. The molecule has 0 saturated heterocycles. The lowest BCUT2D eigenvalue weighted by Gasteiger charge is -2.08. The highest BCUT2D eigenvalue weighted by atomic mass is 79.9. The molecule has 0 spiro atoms. The molecule has 0 amide bonds. The second-order valence-corrected chi connectivity index (χ2v) is 4.84. The Morgan fingerprint density at radius 2 is 1.94 bits per heavy atom. The van der Waals surface area contributed by atoms with Crippen molar-refractivity contribution in [3.8, 4) is 0 Å². The Bertz CT molecular complexity index is 540. The summed E-state index contributed by atoms with van der Waals surface area (Å²) in [4.78, 5) is 8.74. The van der Waals surface area contributed by atoms with E-state index < -0.39 is 0 Å². The van der Waals surface area contributed by atoms with E-state index in [4.69, 9.17) is 0 Å². The number of aromatic nitrogens is 2. The van der Waals surface area contributed by atoms with Gasteiger partial charge in [0.1, 0.15) is 16.2 Å². The molecule has 1 heterocycles. The smallest absolute Gasteiger partial charge is 0.135 e. The van der Waals surface area contributed by atoms with E-state index in [0.717, 1.165) is 34.8 Å². The Balaban J connectivity index is 2.24. The summed E-state index contributed by atoms with van der Waals surface area (Å²) in [6.07, 6.45) is 1.85. The van der Waals surface area contributed by atoms with Crippen molar-refractivity contribution in [2.24, 2.45) is 0 Å². The summed E-state index contributed by atoms with van der Waals surface area (Å²) in [7, 11) is 0. The molecule has 0 radical (unpaired) electrons. The number of nitrogens with zero attached hydrogens (tertiary/aromatic N) is 2. The lowest BCUT2D eigenvalue weighted by molar-refractivity contribution is 0.931. The highest BCUT2D eigenvalue weighted by molar-refractivity contribution is 9.10. The Morgan fingerprint density at radius 1 is 1.11 bits per heavy atom. The monoisotopic (exact) mass is 305 g/mol. The molecule has 18 heavy (non-hydrogen) atoms. The molecule has 2 aromatic rings. The van der Waals surface area contributed by atoms with E-state index in [1.54, 1.807) is 0 Å². The molecule has 2 rings (SSSR count). The van der Waals surface area contributed by atoms with E-state index in [2.05, 4.69) is 56.3 Å². The lowest BCUT2D eigenvalue weighted by Crippen LogP contribution is -2.00. The molecule has 1 N–H and O–H groups in total. The SMILES string of the molecule is CCc1cccc(Nc2cc(Br)nc(CC)n2)c1. The first-order valence-electron chi connectivity index (χ1n) is 6.10. The van der Waals surface area contributed by atoms with Gasteiger partial charge in [0, 0.05) is 18.2 Å². The molecule has 0 aliphatic rings. The number of benzene rings is 1. The van der Waals surface area contributed by atoms with Gasteiger partial charge < -0.3 is 5.32 Å². The van der Waals surface area contributed by atoms with Crippen LogP contribution in [0.15, 0.2) is 34.9 Å². The van der Waals surface area contributed by atoms with Crippen molar-refractivity contribution in [2.45, 2.75) is 26.7 Å². The van der Waals surface area contributed by atoms with Crippen LogP contribution in [0.4, 0.5) is 11.5 Å². The van der Waals surface area contributed by atoms with Crippen LogP contribution in [0.5, 0.6) is 0 Å². The largest absolute Gasteiger partial charge is 0.340 e. The molecule has 1 aromatic heterocycles. The quantitative estimate of drug-likeness (QED) is 0.864. The van der Waals surface area contributed by atoms with Crippen LogP contribution in [0.25, 0.3) is 0 Å². The Morgan fingerprint density at radius 3 is 2.67 bits per heavy atom. The Labute approximate surface area is 116 Å². The van der Waals surface area contributed by atoms with E-state index in [-0.39, 0.29) is 0 Å². The van der Waals surface area contributed by atoms with Crippen molar-refractivity contribution in [3.05, 3.63) is 46.3 Å². The summed E-state index contributed by atoms with van der Waals surface area (Å²) in [5, 5.41) is 3.31. The fraction of sp³-hybridized carbons (Fsp3) is 0.286. The minimum atomic E-state index is 0.809. The van der Waals surface area contributed by atoms with Gasteiger partial charge in [0.05, 0.1) is 0 Å². The summed E-state index contributed by atoms with van der Waals surface area (Å²) < 4.78 is 0.809. The average Bonchev–Trinajstić information content (AvgIpc) is 2.38.